The fourth-order valence-corrected chi connectivity index (χ4v) is 3.77. The molecule has 1 aromatic carbocycles. The second-order valence-electron chi connectivity index (χ2n) is 7.61. The number of amides is 2. The van der Waals surface area contributed by atoms with Gasteiger partial charge in [-0.05, 0) is 31.3 Å². The molecule has 1 aromatic heterocycles. The van der Waals surface area contributed by atoms with E-state index in [1.807, 2.05) is 24.3 Å². The highest BCUT2D eigenvalue weighted by molar-refractivity contribution is 6.04. The Bertz CT molecular complexity index is 885. The summed E-state index contributed by atoms with van der Waals surface area (Å²) in [6, 6.07) is 7.66. The lowest BCUT2D eigenvalue weighted by molar-refractivity contribution is -0.131. The van der Waals surface area contributed by atoms with Crippen molar-refractivity contribution in [3.05, 3.63) is 41.1 Å². The molecule has 154 valence electrons. The zero-order valence-corrected chi connectivity index (χ0v) is 16.6. The van der Waals surface area contributed by atoms with Gasteiger partial charge in [0.2, 0.25) is 5.91 Å². The Balaban J connectivity index is 1.39. The summed E-state index contributed by atoms with van der Waals surface area (Å²) in [5.41, 5.74) is 8.90. The summed E-state index contributed by atoms with van der Waals surface area (Å²) in [5, 5.41) is 10.0. The van der Waals surface area contributed by atoms with Gasteiger partial charge >= 0.3 is 0 Å². The summed E-state index contributed by atoms with van der Waals surface area (Å²) in [6.45, 7) is 5.28. The Morgan fingerprint density at radius 2 is 1.86 bits per heavy atom. The van der Waals surface area contributed by atoms with Crippen LogP contribution in [0.15, 0.2) is 24.3 Å². The SMILES string of the molecule is CN1CCN(c2ccc(C(=O)Nc3n[nH]c4c3CN(C(=O)CCN)C4)cc2)CC1. The molecule has 1 fully saturated rings. The highest BCUT2D eigenvalue weighted by Crippen LogP contribution is 2.28. The third-order valence-electron chi connectivity index (χ3n) is 5.59. The van der Waals surface area contributed by atoms with E-state index in [1.165, 1.54) is 0 Å². The maximum Gasteiger partial charge on any atom is 0.256 e. The van der Waals surface area contributed by atoms with Gasteiger partial charge in [0.15, 0.2) is 5.82 Å². The Hall–Kier alpha value is -2.91. The van der Waals surface area contributed by atoms with E-state index in [-0.39, 0.29) is 11.8 Å². The van der Waals surface area contributed by atoms with Crippen LogP contribution >= 0.6 is 0 Å². The van der Waals surface area contributed by atoms with Crippen molar-refractivity contribution in [1.82, 2.24) is 20.0 Å². The molecule has 0 bridgehead atoms. The normalized spacial score (nSPS) is 16.8. The number of benzene rings is 1. The molecule has 4 rings (SSSR count). The molecule has 0 atom stereocenters. The van der Waals surface area contributed by atoms with Gasteiger partial charge in [-0.1, -0.05) is 0 Å². The minimum atomic E-state index is -0.212. The number of nitrogens with zero attached hydrogens (tertiary/aromatic N) is 4. The molecule has 29 heavy (non-hydrogen) atoms. The largest absolute Gasteiger partial charge is 0.369 e. The number of hydrogen-bond acceptors (Lipinski definition) is 6. The average molecular weight is 397 g/mol. The zero-order valence-electron chi connectivity index (χ0n) is 16.6. The van der Waals surface area contributed by atoms with Crippen LogP contribution in [-0.4, -0.2) is 71.6 Å². The molecule has 2 aliphatic rings. The molecule has 0 radical (unpaired) electrons. The highest BCUT2D eigenvalue weighted by Gasteiger charge is 2.28. The van der Waals surface area contributed by atoms with E-state index in [9.17, 15) is 9.59 Å². The predicted octanol–water partition coefficient (Wildman–Crippen LogP) is 0.605. The predicted molar refractivity (Wildman–Crippen MR) is 111 cm³/mol. The molecule has 0 saturated carbocycles. The van der Waals surface area contributed by atoms with E-state index in [0.29, 0.717) is 37.4 Å². The monoisotopic (exact) mass is 397 g/mol. The number of piperazine rings is 1. The number of anilines is 2. The summed E-state index contributed by atoms with van der Waals surface area (Å²) in [4.78, 5) is 31.1. The Labute approximate surface area is 169 Å². The summed E-state index contributed by atoms with van der Waals surface area (Å²) >= 11 is 0. The van der Waals surface area contributed by atoms with Crippen LogP contribution in [-0.2, 0) is 17.9 Å². The zero-order chi connectivity index (χ0) is 20.4. The van der Waals surface area contributed by atoms with Crippen molar-refractivity contribution in [2.24, 2.45) is 5.73 Å². The maximum atomic E-state index is 12.7. The van der Waals surface area contributed by atoms with Crippen LogP contribution in [0, 0.1) is 0 Å². The quantitative estimate of drug-likeness (QED) is 0.682. The molecular weight excluding hydrogens is 370 g/mol. The first-order chi connectivity index (χ1) is 14.0. The van der Waals surface area contributed by atoms with Gasteiger partial charge in [-0.3, -0.25) is 14.7 Å². The first kappa shape index (κ1) is 19.4. The van der Waals surface area contributed by atoms with Gasteiger partial charge in [0, 0.05) is 56.0 Å². The molecule has 0 unspecified atom stereocenters. The standard InChI is InChI=1S/C20H27N7O2/c1-25-8-10-26(11-9-25)15-4-2-14(3-5-15)20(29)22-19-16-12-27(18(28)6-7-21)13-17(16)23-24-19/h2-5H,6-13,21H2,1H3,(H2,22,23,24,29). The Kier molecular flexibility index (Phi) is 5.50. The smallest absolute Gasteiger partial charge is 0.256 e. The van der Waals surface area contributed by atoms with Gasteiger partial charge in [-0.15, -0.1) is 0 Å². The lowest BCUT2D eigenvalue weighted by Gasteiger charge is -2.34. The third-order valence-corrected chi connectivity index (χ3v) is 5.59. The van der Waals surface area contributed by atoms with Crippen LogP contribution in [0.25, 0.3) is 0 Å². The van der Waals surface area contributed by atoms with Gasteiger partial charge in [0.05, 0.1) is 18.8 Å². The highest BCUT2D eigenvalue weighted by atomic mass is 16.2. The van der Waals surface area contributed by atoms with Gasteiger partial charge in [-0.25, -0.2) is 0 Å². The van der Waals surface area contributed by atoms with Crippen molar-refractivity contribution < 1.29 is 9.59 Å². The minimum absolute atomic E-state index is 0.00821. The summed E-state index contributed by atoms with van der Waals surface area (Å²) in [6.07, 6.45) is 0.319. The molecule has 1 saturated heterocycles. The molecule has 9 heteroatoms. The van der Waals surface area contributed by atoms with Crippen molar-refractivity contribution in [1.29, 1.82) is 0 Å². The fourth-order valence-electron chi connectivity index (χ4n) is 3.77. The number of fused-ring (bicyclic) bond motifs is 1. The maximum absolute atomic E-state index is 12.7. The second kappa shape index (κ2) is 8.22. The van der Waals surface area contributed by atoms with E-state index < -0.39 is 0 Å². The van der Waals surface area contributed by atoms with Crippen LogP contribution in [0.2, 0.25) is 0 Å². The van der Waals surface area contributed by atoms with Gasteiger partial charge in [-0.2, -0.15) is 5.10 Å². The average Bonchev–Trinajstić information content (AvgIpc) is 3.31. The summed E-state index contributed by atoms with van der Waals surface area (Å²) < 4.78 is 0. The van der Waals surface area contributed by atoms with Crippen LogP contribution in [0.5, 0.6) is 0 Å². The number of aromatic nitrogens is 2. The number of nitrogens with two attached hydrogens (primary N) is 1. The Morgan fingerprint density at radius 3 is 2.55 bits per heavy atom. The van der Waals surface area contributed by atoms with E-state index in [1.54, 1.807) is 4.90 Å². The summed E-state index contributed by atoms with van der Waals surface area (Å²) in [7, 11) is 2.13. The molecule has 0 aliphatic carbocycles. The molecule has 3 heterocycles. The molecule has 4 N–H and O–H groups in total. The molecule has 9 nitrogen and oxygen atoms in total. The van der Waals surface area contributed by atoms with Gasteiger partial charge in [0.1, 0.15) is 0 Å². The molecule has 0 spiro atoms. The lowest BCUT2D eigenvalue weighted by Crippen LogP contribution is -2.44. The molecular formula is C20H27N7O2. The molecule has 2 aromatic rings. The van der Waals surface area contributed by atoms with Crippen LogP contribution < -0.4 is 16.0 Å². The minimum Gasteiger partial charge on any atom is -0.369 e. The second-order valence-corrected chi connectivity index (χ2v) is 7.61. The van der Waals surface area contributed by atoms with Crippen LogP contribution in [0.4, 0.5) is 11.5 Å². The Morgan fingerprint density at radius 1 is 1.14 bits per heavy atom. The lowest BCUT2D eigenvalue weighted by atomic mass is 10.1. The topological polar surface area (TPSA) is 111 Å². The van der Waals surface area contributed by atoms with E-state index in [0.717, 1.165) is 43.1 Å². The third kappa shape index (κ3) is 4.10. The van der Waals surface area contributed by atoms with Crippen molar-refractivity contribution in [2.75, 3.05) is 50.0 Å². The van der Waals surface area contributed by atoms with Gasteiger partial charge in [0.25, 0.3) is 5.91 Å². The summed E-state index contributed by atoms with van der Waals surface area (Å²) in [5.74, 6) is 0.279. The number of H-pyrrole nitrogens is 1. The number of hydrogen-bond donors (Lipinski definition) is 3. The number of carbonyl (C=O) groups excluding carboxylic acids is 2. The number of carbonyl (C=O) groups is 2. The van der Waals surface area contributed by atoms with E-state index >= 15 is 0 Å². The number of aromatic amines is 1. The van der Waals surface area contributed by atoms with Crippen molar-refractivity contribution in [2.45, 2.75) is 19.5 Å². The molecule has 2 aliphatic heterocycles. The first-order valence-electron chi connectivity index (χ1n) is 9.94. The van der Waals surface area contributed by atoms with E-state index in [4.69, 9.17) is 5.73 Å². The number of nitrogens with one attached hydrogen (secondary N) is 2. The fraction of sp³-hybridized carbons (Fsp3) is 0.450. The van der Waals surface area contributed by atoms with Crippen molar-refractivity contribution in [3.63, 3.8) is 0 Å². The number of likely N-dealkylation sites (N-methyl/N-ethyl adjacent to an activating group) is 1. The number of rotatable bonds is 5. The van der Waals surface area contributed by atoms with Crippen LogP contribution in [0.1, 0.15) is 28.0 Å². The first-order valence-corrected chi connectivity index (χ1v) is 9.94. The van der Waals surface area contributed by atoms with Crippen molar-refractivity contribution in [3.8, 4) is 0 Å². The van der Waals surface area contributed by atoms with Crippen LogP contribution in [0.3, 0.4) is 0 Å². The van der Waals surface area contributed by atoms with Crippen molar-refractivity contribution >= 4 is 23.3 Å². The van der Waals surface area contributed by atoms with Gasteiger partial charge < -0.3 is 25.8 Å². The molecule has 2 amide bonds. The van der Waals surface area contributed by atoms with E-state index in [2.05, 4.69) is 32.4 Å².